The maximum absolute atomic E-state index is 12.7. The molecule has 0 aliphatic heterocycles. The zero-order valence-electron chi connectivity index (χ0n) is 15.6. The zero-order valence-corrected chi connectivity index (χ0v) is 15.6. The van der Waals surface area contributed by atoms with E-state index in [0.717, 1.165) is 30.0 Å². The van der Waals surface area contributed by atoms with Crippen molar-refractivity contribution >= 4 is 28.7 Å². The number of aryl methyl sites for hydroxylation is 2. The summed E-state index contributed by atoms with van der Waals surface area (Å²) in [6.07, 6.45) is -4.52. The Morgan fingerprint density at radius 3 is 2.55 bits per heavy atom. The molecule has 3 aromatic rings. The first-order chi connectivity index (χ1) is 13.7. The van der Waals surface area contributed by atoms with Crippen molar-refractivity contribution in [3.05, 3.63) is 59.4 Å². The van der Waals surface area contributed by atoms with E-state index in [9.17, 15) is 22.8 Å². The molecule has 0 aliphatic rings. The molecular formula is C19H18F3N5O2. The van der Waals surface area contributed by atoms with Gasteiger partial charge in [0.25, 0.3) is 5.91 Å². The number of fused-ring (bicyclic) bond motifs is 1. The summed E-state index contributed by atoms with van der Waals surface area (Å²) in [5.41, 5.74) is 5.16. The lowest BCUT2D eigenvalue weighted by Gasteiger charge is -2.11. The normalized spacial score (nSPS) is 11.3. The first kappa shape index (κ1) is 20.2. The van der Waals surface area contributed by atoms with Crippen LogP contribution in [0.4, 0.5) is 23.7 Å². The molecular weight excluding hydrogens is 387 g/mol. The van der Waals surface area contributed by atoms with Crippen LogP contribution in [0.2, 0.25) is 0 Å². The molecule has 3 N–H and O–H groups in total. The van der Waals surface area contributed by atoms with Crippen molar-refractivity contribution in [3.63, 3.8) is 0 Å². The van der Waals surface area contributed by atoms with E-state index in [1.165, 1.54) is 12.1 Å². The molecule has 3 amide bonds. The van der Waals surface area contributed by atoms with Crippen LogP contribution in [0.5, 0.6) is 0 Å². The molecule has 0 saturated heterocycles. The average molecular weight is 405 g/mol. The van der Waals surface area contributed by atoms with Gasteiger partial charge in [-0.25, -0.2) is 15.2 Å². The van der Waals surface area contributed by atoms with Crippen molar-refractivity contribution in [2.75, 3.05) is 5.32 Å². The number of imidazole rings is 1. The van der Waals surface area contributed by atoms with E-state index in [-0.39, 0.29) is 11.3 Å². The highest BCUT2D eigenvalue weighted by molar-refractivity contribution is 5.99. The number of anilines is 1. The van der Waals surface area contributed by atoms with Gasteiger partial charge in [0.1, 0.15) is 5.82 Å². The molecule has 0 bridgehead atoms. The zero-order chi connectivity index (χ0) is 21.2. The quantitative estimate of drug-likeness (QED) is 0.579. The van der Waals surface area contributed by atoms with Gasteiger partial charge in [0, 0.05) is 17.8 Å². The number of aromatic nitrogens is 2. The Kier molecular flexibility index (Phi) is 5.44. The minimum atomic E-state index is -4.52. The van der Waals surface area contributed by atoms with Crippen molar-refractivity contribution in [2.45, 2.75) is 26.6 Å². The van der Waals surface area contributed by atoms with Gasteiger partial charge in [-0.05, 0) is 50.2 Å². The summed E-state index contributed by atoms with van der Waals surface area (Å²) >= 11 is 0. The summed E-state index contributed by atoms with van der Waals surface area (Å²) in [6, 6.07) is 8.22. The topological polar surface area (TPSA) is 88.1 Å². The number of carbonyl (C=O) groups is 2. The monoisotopic (exact) mass is 405 g/mol. The van der Waals surface area contributed by atoms with Gasteiger partial charge in [-0.15, -0.1) is 0 Å². The highest BCUT2D eigenvalue weighted by Gasteiger charge is 2.30. The Morgan fingerprint density at radius 2 is 1.86 bits per heavy atom. The number of amides is 3. The number of hydrogen-bond donors (Lipinski definition) is 3. The maximum Gasteiger partial charge on any atom is 0.416 e. The molecule has 7 nitrogen and oxygen atoms in total. The summed E-state index contributed by atoms with van der Waals surface area (Å²) in [7, 11) is 0. The van der Waals surface area contributed by atoms with Crippen molar-refractivity contribution in [3.8, 4) is 0 Å². The second-order valence-corrected chi connectivity index (χ2v) is 6.22. The lowest BCUT2D eigenvalue weighted by molar-refractivity contribution is -0.137. The average Bonchev–Trinajstić information content (AvgIpc) is 2.99. The number of nitrogens with zero attached hydrogens (tertiary/aromatic N) is 2. The van der Waals surface area contributed by atoms with Crippen LogP contribution in [0.15, 0.2) is 42.5 Å². The van der Waals surface area contributed by atoms with Gasteiger partial charge in [-0.2, -0.15) is 13.2 Å². The largest absolute Gasteiger partial charge is 0.416 e. The van der Waals surface area contributed by atoms with Gasteiger partial charge in [-0.1, -0.05) is 6.07 Å². The van der Waals surface area contributed by atoms with Gasteiger partial charge >= 0.3 is 12.2 Å². The molecule has 0 aliphatic carbocycles. The van der Waals surface area contributed by atoms with Crippen LogP contribution >= 0.6 is 0 Å². The third-order valence-corrected chi connectivity index (χ3v) is 4.25. The number of hydrazine groups is 1. The lowest BCUT2D eigenvalue weighted by atomic mass is 10.2. The molecule has 3 rings (SSSR count). The summed E-state index contributed by atoms with van der Waals surface area (Å²) < 4.78 is 40.1. The number of hydrogen-bond acceptors (Lipinski definition) is 3. The molecule has 29 heavy (non-hydrogen) atoms. The molecule has 0 saturated carbocycles. The number of carbonyl (C=O) groups excluding carboxylic acids is 2. The van der Waals surface area contributed by atoms with Gasteiger partial charge in [0.2, 0.25) is 0 Å². The number of nitrogens with one attached hydrogen (secondary N) is 3. The van der Waals surface area contributed by atoms with Crippen molar-refractivity contribution in [1.29, 1.82) is 0 Å². The predicted octanol–water partition coefficient (Wildman–Crippen LogP) is 3.85. The van der Waals surface area contributed by atoms with Crippen LogP contribution in [0.3, 0.4) is 0 Å². The Bertz CT molecular complexity index is 1080. The third-order valence-electron chi connectivity index (χ3n) is 4.25. The highest BCUT2D eigenvalue weighted by Crippen LogP contribution is 2.30. The summed E-state index contributed by atoms with van der Waals surface area (Å²) in [5.74, 6) is 0.230. The number of halogens is 3. The van der Waals surface area contributed by atoms with E-state index in [1.54, 1.807) is 18.2 Å². The molecule has 2 aromatic carbocycles. The molecule has 152 valence electrons. The van der Waals surface area contributed by atoms with Gasteiger partial charge in [0.15, 0.2) is 0 Å². The Hall–Kier alpha value is -3.56. The van der Waals surface area contributed by atoms with Crippen molar-refractivity contribution < 1.29 is 22.8 Å². The minimum Gasteiger partial charge on any atom is -0.329 e. The standard InChI is InChI=1S/C19H18F3N5O2/c1-3-27-11(2)23-15-9-12(7-8-16(15)27)17(28)25-26-18(29)24-14-6-4-5-13(10-14)19(20,21)22/h4-10H,3H2,1-2H3,(H,25,28)(H2,24,26,29). The van der Waals surface area contributed by atoms with Crippen LogP contribution in [0.1, 0.15) is 28.7 Å². The Balaban J connectivity index is 1.63. The SMILES string of the molecule is CCn1c(C)nc2cc(C(=O)NNC(=O)Nc3cccc(C(F)(F)F)c3)ccc21. The molecule has 1 heterocycles. The second kappa shape index (κ2) is 7.82. The van der Waals surface area contributed by atoms with Crippen molar-refractivity contribution in [1.82, 2.24) is 20.4 Å². The van der Waals surface area contributed by atoms with Crippen LogP contribution in [-0.2, 0) is 12.7 Å². The first-order valence-corrected chi connectivity index (χ1v) is 8.70. The number of benzene rings is 2. The van der Waals surface area contributed by atoms with Gasteiger partial charge < -0.3 is 9.88 Å². The Morgan fingerprint density at radius 1 is 1.10 bits per heavy atom. The molecule has 0 spiro atoms. The van der Waals surface area contributed by atoms with E-state index in [4.69, 9.17) is 0 Å². The van der Waals surface area contributed by atoms with Crippen molar-refractivity contribution in [2.24, 2.45) is 0 Å². The van der Waals surface area contributed by atoms with Crippen LogP contribution in [0, 0.1) is 6.92 Å². The lowest BCUT2D eigenvalue weighted by Crippen LogP contribution is -2.43. The molecule has 0 atom stereocenters. The van der Waals surface area contributed by atoms with E-state index in [1.807, 2.05) is 18.4 Å². The maximum atomic E-state index is 12.7. The highest BCUT2D eigenvalue weighted by atomic mass is 19.4. The van der Waals surface area contributed by atoms with Crippen LogP contribution < -0.4 is 16.2 Å². The molecule has 0 radical (unpaired) electrons. The fraction of sp³-hybridized carbons (Fsp3) is 0.211. The first-order valence-electron chi connectivity index (χ1n) is 8.70. The van der Waals surface area contributed by atoms with E-state index in [2.05, 4.69) is 21.2 Å². The molecule has 0 fully saturated rings. The smallest absolute Gasteiger partial charge is 0.329 e. The molecule has 1 aromatic heterocycles. The number of alkyl halides is 3. The summed E-state index contributed by atoms with van der Waals surface area (Å²) in [5, 5.41) is 2.23. The van der Waals surface area contributed by atoms with E-state index < -0.39 is 23.7 Å². The summed E-state index contributed by atoms with van der Waals surface area (Å²) in [6.45, 7) is 4.59. The fourth-order valence-electron chi connectivity index (χ4n) is 2.91. The minimum absolute atomic E-state index is 0.0615. The Labute approximate surface area is 163 Å². The molecule has 0 unspecified atom stereocenters. The van der Waals surface area contributed by atoms with Gasteiger partial charge in [-0.3, -0.25) is 10.2 Å². The fourth-order valence-corrected chi connectivity index (χ4v) is 2.91. The molecule has 10 heteroatoms. The third kappa shape index (κ3) is 4.48. The number of rotatable bonds is 3. The van der Waals surface area contributed by atoms with Crippen LogP contribution in [0.25, 0.3) is 11.0 Å². The second-order valence-electron chi connectivity index (χ2n) is 6.22. The van der Waals surface area contributed by atoms with Crippen LogP contribution in [-0.4, -0.2) is 21.5 Å². The number of urea groups is 1. The van der Waals surface area contributed by atoms with E-state index >= 15 is 0 Å². The van der Waals surface area contributed by atoms with E-state index in [0.29, 0.717) is 5.52 Å². The summed E-state index contributed by atoms with van der Waals surface area (Å²) in [4.78, 5) is 28.5. The predicted molar refractivity (Wildman–Crippen MR) is 101 cm³/mol. The van der Waals surface area contributed by atoms with Gasteiger partial charge in [0.05, 0.1) is 16.6 Å².